The first-order chi connectivity index (χ1) is 9.45. The highest BCUT2D eigenvalue weighted by molar-refractivity contribution is 9.10. The van der Waals surface area contributed by atoms with Gasteiger partial charge in [0.2, 0.25) is 5.91 Å². The van der Waals surface area contributed by atoms with Gasteiger partial charge in [-0.15, -0.1) is 0 Å². The van der Waals surface area contributed by atoms with E-state index in [-0.39, 0.29) is 24.0 Å². The standard InChI is InChI=1S/C15H21BrN2O2/c1-9(2)18-14(19)7-5-12(17)15(18)11-8-10(16)4-6-13(11)20-3/h4,6,8-9,12,15H,5,7,17H2,1-3H3. The highest BCUT2D eigenvalue weighted by Gasteiger charge is 2.37. The maximum Gasteiger partial charge on any atom is 0.223 e. The first-order valence-electron chi connectivity index (χ1n) is 6.86. The van der Waals surface area contributed by atoms with Crippen LogP contribution in [0.25, 0.3) is 0 Å². The SMILES string of the molecule is COc1ccc(Br)cc1C1C(N)CCC(=O)N1C(C)C. The fourth-order valence-electron chi connectivity index (χ4n) is 2.86. The summed E-state index contributed by atoms with van der Waals surface area (Å²) in [7, 11) is 1.64. The first-order valence-corrected chi connectivity index (χ1v) is 7.65. The zero-order chi connectivity index (χ0) is 14.9. The molecular formula is C15H21BrN2O2. The molecule has 2 unspecified atom stereocenters. The number of halogens is 1. The number of likely N-dealkylation sites (tertiary alicyclic amines) is 1. The Hall–Kier alpha value is -1.07. The fourth-order valence-corrected chi connectivity index (χ4v) is 3.24. The van der Waals surface area contributed by atoms with Crippen molar-refractivity contribution in [2.24, 2.45) is 5.73 Å². The monoisotopic (exact) mass is 340 g/mol. The van der Waals surface area contributed by atoms with Gasteiger partial charge in [0.1, 0.15) is 5.75 Å². The van der Waals surface area contributed by atoms with Gasteiger partial charge in [-0.05, 0) is 38.5 Å². The predicted molar refractivity (Wildman–Crippen MR) is 82.6 cm³/mol. The summed E-state index contributed by atoms with van der Waals surface area (Å²) in [5.41, 5.74) is 7.28. The largest absolute Gasteiger partial charge is 0.496 e. The van der Waals surface area contributed by atoms with Crippen molar-refractivity contribution in [3.8, 4) is 5.75 Å². The van der Waals surface area contributed by atoms with Crippen LogP contribution in [0.1, 0.15) is 38.3 Å². The van der Waals surface area contributed by atoms with E-state index in [1.54, 1.807) is 7.11 Å². The number of hydrogen-bond acceptors (Lipinski definition) is 3. The zero-order valence-corrected chi connectivity index (χ0v) is 13.7. The Morgan fingerprint density at radius 2 is 2.15 bits per heavy atom. The Morgan fingerprint density at radius 1 is 1.45 bits per heavy atom. The molecule has 110 valence electrons. The average molecular weight is 341 g/mol. The van der Waals surface area contributed by atoms with Gasteiger partial charge in [-0.1, -0.05) is 15.9 Å². The Morgan fingerprint density at radius 3 is 2.75 bits per heavy atom. The summed E-state index contributed by atoms with van der Waals surface area (Å²) < 4.78 is 6.41. The molecule has 1 saturated heterocycles. The Balaban J connectivity index is 2.50. The summed E-state index contributed by atoms with van der Waals surface area (Å²) in [5.74, 6) is 0.933. The maximum atomic E-state index is 12.3. The summed E-state index contributed by atoms with van der Waals surface area (Å²) >= 11 is 3.48. The first kappa shape index (κ1) is 15.3. The van der Waals surface area contributed by atoms with E-state index in [9.17, 15) is 4.79 Å². The van der Waals surface area contributed by atoms with E-state index in [4.69, 9.17) is 10.5 Å². The minimum Gasteiger partial charge on any atom is -0.496 e. The molecule has 0 aromatic heterocycles. The van der Waals surface area contributed by atoms with E-state index >= 15 is 0 Å². The molecule has 1 amide bonds. The lowest BCUT2D eigenvalue weighted by Crippen LogP contribution is -2.51. The van der Waals surface area contributed by atoms with Crippen LogP contribution in [0.4, 0.5) is 0 Å². The van der Waals surface area contributed by atoms with Crippen LogP contribution in [0.15, 0.2) is 22.7 Å². The van der Waals surface area contributed by atoms with E-state index in [2.05, 4.69) is 15.9 Å². The van der Waals surface area contributed by atoms with E-state index in [0.717, 1.165) is 15.8 Å². The Bertz CT molecular complexity index is 505. The van der Waals surface area contributed by atoms with Crippen LogP contribution < -0.4 is 10.5 Å². The molecule has 20 heavy (non-hydrogen) atoms. The van der Waals surface area contributed by atoms with E-state index in [1.165, 1.54) is 0 Å². The summed E-state index contributed by atoms with van der Waals surface area (Å²) in [6.45, 7) is 4.04. The molecule has 0 saturated carbocycles. The van der Waals surface area contributed by atoms with Gasteiger partial charge >= 0.3 is 0 Å². The molecule has 4 nitrogen and oxygen atoms in total. The lowest BCUT2D eigenvalue weighted by Gasteiger charge is -2.42. The van der Waals surface area contributed by atoms with Crippen LogP contribution in [0.5, 0.6) is 5.75 Å². The van der Waals surface area contributed by atoms with Crippen molar-refractivity contribution in [3.05, 3.63) is 28.2 Å². The van der Waals surface area contributed by atoms with Gasteiger partial charge < -0.3 is 15.4 Å². The smallest absolute Gasteiger partial charge is 0.223 e. The second-order valence-electron chi connectivity index (χ2n) is 5.43. The average Bonchev–Trinajstić information content (AvgIpc) is 2.40. The Labute approximate surface area is 128 Å². The molecule has 0 bridgehead atoms. The van der Waals surface area contributed by atoms with Crippen LogP contribution in [-0.2, 0) is 4.79 Å². The van der Waals surface area contributed by atoms with Crippen LogP contribution in [0.2, 0.25) is 0 Å². The molecule has 1 aliphatic rings. The number of hydrogen-bond donors (Lipinski definition) is 1. The summed E-state index contributed by atoms with van der Waals surface area (Å²) in [6.07, 6.45) is 1.23. The van der Waals surface area contributed by atoms with Gasteiger partial charge in [0, 0.05) is 28.5 Å². The number of carbonyl (C=O) groups is 1. The molecule has 2 N–H and O–H groups in total. The third-order valence-corrected chi connectivity index (χ3v) is 4.24. The summed E-state index contributed by atoms with van der Waals surface area (Å²) in [6, 6.07) is 5.74. The molecule has 0 aliphatic carbocycles. The lowest BCUT2D eigenvalue weighted by atomic mass is 9.89. The van der Waals surface area contributed by atoms with Crippen molar-refractivity contribution in [1.29, 1.82) is 0 Å². The molecule has 0 radical (unpaired) electrons. The van der Waals surface area contributed by atoms with Crippen molar-refractivity contribution < 1.29 is 9.53 Å². The van der Waals surface area contributed by atoms with Crippen molar-refractivity contribution >= 4 is 21.8 Å². The highest BCUT2D eigenvalue weighted by Crippen LogP contribution is 2.38. The topological polar surface area (TPSA) is 55.6 Å². The van der Waals surface area contributed by atoms with E-state index < -0.39 is 0 Å². The Kier molecular flexibility index (Phi) is 4.70. The molecular weight excluding hydrogens is 320 g/mol. The van der Waals surface area contributed by atoms with Crippen molar-refractivity contribution in [2.45, 2.75) is 44.8 Å². The minimum atomic E-state index is -0.135. The van der Waals surface area contributed by atoms with E-state index in [0.29, 0.717) is 12.8 Å². The molecule has 1 heterocycles. The highest BCUT2D eigenvalue weighted by atomic mass is 79.9. The number of carbonyl (C=O) groups excluding carboxylic acids is 1. The molecule has 1 fully saturated rings. The molecule has 2 rings (SSSR count). The van der Waals surface area contributed by atoms with Crippen molar-refractivity contribution in [1.82, 2.24) is 4.90 Å². The molecule has 1 aromatic rings. The molecule has 5 heteroatoms. The predicted octanol–water partition coefficient (Wildman–Crippen LogP) is 2.86. The van der Waals surface area contributed by atoms with Crippen LogP contribution in [0, 0.1) is 0 Å². The van der Waals surface area contributed by atoms with Crippen LogP contribution >= 0.6 is 15.9 Å². The summed E-state index contributed by atoms with van der Waals surface area (Å²) in [4.78, 5) is 14.2. The quantitative estimate of drug-likeness (QED) is 0.920. The second-order valence-corrected chi connectivity index (χ2v) is 6.34. The van der Waals surface area contributed by atoms with Gasteiger partial charge in [-0.2, -0.15) is 0 Å². The third-order valence-electron chi connectivity index (χ3n) is 3.75. The van der Waals surface area contributed by atoms with Crippen LogP contribution in [-0.4, -0.2) is 30.0 Å². The van der Waals surface area contributed by atoms with Crippen molar-refractivity contribution in [2.75, 3.05) is 7.11 Å². The number of amides is 1. The third kappa shape index (κ3) is 2.83. The van der Waals surface area contributed by atoms with Gasteiger partial charge in [0.05, 0.1) is 13.2 Å². The molecule has 1 aliphatic heterocycles. The number of rotatable bonds is 3. The zero-order valence-electron chi connectivity index (χ0n) is 12.1. The normalized spacial score (nSPS) is 23.3. The van der Waals surface area contributed by atoms with Gasteiger partial charge in [0.15, 0.2) is 0 Å². The maximum absolute atomic E-state index is 12.3. The molecule has 0 spiro atoms. The molecule has 1 aromatic carbocycles. The second kappa shape index (κ2) is 6.14. The number of benzene rings is 1. The minimum absolute atomic E-state index is 0.0710. The summed E-state index contributed by atoms with van der Waals surface area (Å²) in [5, 5.41) is 0. The number of nitrogens with two attached hydrogens (primary N) is 1. The van der Waals surface area contributed by atoms with Gasteiger partial charge in [0.25, 0.3) is 0 Å². The fraction of sp³-hybridized carbons (Fsp3) is 0.533. The number of ether oxygens (including phenoxy) is 1. The van der Waals surface area contributed by atoms with Crippen LogP contribution in [0.3, 0.4) is 0 Å². The van der Waals surface area contributed by atoms with Gasteiger partial charge in [-0.25, -0.2) is 0 Å². The van der Waals surface area contributed by atoms with Crippen molar-refractivity contribution in [3.63, 3.8) is 0 Å². The number of piperidine rings is 1. The lowest BCUT2D eigenvalue weighted by molar-refractivity contribution is -0.139. The number of methoxy groups -OCH3 is 1. The van der Waals surface area contributed by atoms with Gasteiger partial charge in [-0.3, -0.25) is 4.79 Å². The van der Waals surface area contributed by atoms with E-state index in [1.807, 2.05) is 36.9 Å². The number of nitrogens with zero attached hydrogens (tertiary/aromatic N) is 1. The molecule has 2 atom stereocenters.